The predicted octanol–water partition coefficient (Wildman–Crippen LogP) is 1.87. The molecule has 1 saturated heterocycles. The second-order valence-electron chi connectivity index (χ2n) is 5.27. The molecule has 2 aromatic rings. The summed E-state index contributed by atoms with van der Waals surface area (Å²) in [4.78, 5) is 19.2. The molecule has 1 aliphatic heterocycles. The fraction of sp³-hybridized carbons (Fsp3) is 0.333. The van der Waals surface area contributed by atoms with Gasteiger partial charge >= 0.3 is 0 Å². The third kappa shape index (κ3) is 2.58. The van der Waals surface area contributed by atoms with Gasteiger partial charge in [-0.1, -0.05) is 19.1 Å². The number of rotatable bonds is 3. The third-order valence-corrected chi connectivity index (χ3v) is 3.82. The van der Waals surface area contributed by atoms with Crippen LogP contribution in [0.15, 0.2) is 36.8 Å². The highest BCUT2D eigenvalue weighted by atomic mass is 16.1. The number of hydrogen-bond donors (Lipinski definition) is 3. The van der Waals surface area contributed by atoms with E-state index >= 15 is 0 Å². The Balaban J connectivity index is 1.68. The summed E-state index contributed by atoms with van der Waals surface area (Å²) in [5.41, 5.74) is 2.85. The minimum Gasteiger partial charge on any atom is -0.345 e. The van der Waals surface area contributed by atoms with Crippen molar-refractivity contribution in [2.75, 3.05) is 18.4 Å². The Morgan fingerprint density at radius 1 is 1.30 bits per heavy atom. The van der Waals surface area contributed by atoms with Crippen molar-refractivity contribution in [1.82, 2.24) is 15.3 Å². The molecule has 1 aromatic carbocycles. The van der Waals surface area contributed by atoms with E-state index in [0.29, 0.717) is 5.92 Å². The van der Waals surface area contributed by atoms with E-state index in [0.717, 1.165) is 30.0 Å². The summed E-state index contributed by atoms with van der Waals surface area (Å²) >= 11 is 0. The lowest BCUT2D eigenvalue weighted by molar-refractivity contribution is -0.120. The maximum absolute atomic E-state index is 12.2. The molecule has 2 atom stereocenters. The van der Waals surface area contributed by atoms with Crippen molar-refractivity contribution in [2.24, 2.45) is 11.8 Å². The van der Waals surface area contributed by atoms with Crippen molar-refractivity contribution in [3.63, 3.8) is 0 Å². The first-order valence-electron chi connectivity index (χ1n) is 6.84. The summed E-state index contributed by atoms with van der Waals surface area (Å²) in [6, 6.07) is 7.78. The van der Waals surface area contributed by atoms with Crippen LogP contribution in [0, 0.1) is 11.8 Å². The fourth-order valence-electron chi connectivity index (χ4n) is 2.54. The van der Waals surface area contributed by atoms with E-state index in [1.165, 1.54) is 0 Å². The Bertz CT molecular complexity index is 576. The summed E-state index contributed by atoms with van der Waals surface area (Å²) < 4.78 is 0. The van der Waals surface area contributed by atoms with Crippen LogP contribution in [0.4, 0.5) is 5.69 Å². The summed E-state index contributed by atoms with van der Waals surface area (Å²) in [6.07, 6.45) is 3.43. The van der Waals surface area contributed by atoms with Crippen molar-refractivity contribution in [1.29, 1.82) is 0 Å². The van der Waals surface area contributed by atoms with Crippen molar-refractivity contribution < 1.29 is 4.79 Å². The van der Waals surface area contributed by atoms with Gasteiger partial charge in [0.15, 0.2) is 0 Å². The van der Waals surface area contributed by atoms with Crippen LogP contribution in [0.5, 0.6) is 0 Å². The second kappa shape index (κ2) is 5.46. The minimum absolute atomic E-state index is 0.0577. The molecule has 0 bridgehead atoms. The van der Waals surface area contributed by atoms with Crippen LogP contribution in [0.2, 0.25) is 0 Å². The van der Waals surface area contributed by atoms with Crippen molar-refractivity contribution in [3.05, 3.63) is 36.8 Å². The molecule has 5 heteroatoms. The van der Waals surface area contributed by atoms with Gasteiger partial charge in [0, 0.05) is 12.2 Å². The van der Waals surface area contributed by atoms with Gasteiger partial charge in [-0.25, -0.2) is 4.98 Å². The zero-order valence-corrected chi connectivity index (χ0v) is 11.4. The number of benzene rings is 1. The number of nitrogens with one attached hydrogen (secondary N) is 3. The van der Waals surface area contributed by atoms with Crippen LogP contribution in [0.1, 0.15) is 6.92 Å². The van der Waals surface area contributed by atoms with E-state index in [1.54, 1.807) is 12.5 Å². The third-order valence-electron chi connectivity index (χ3n) is 3.82. The van der Waals surface area contributed by atoms with Gasteiger partial charge in [0.2, 0.25) is 5.91 Å². The minimum atomic E-state index is 0.0577. The Morgan fingerprint density at radius 2 is 2.10 bits per heavy atom. The number of aromatic amines is 1. The Labute approximate surface area is 117 Å². The predicted molar refractivity (Wildman–Crippen MR) is 78.2 cm³/mol. The Hall–Kier alpha value is -2.14. The number of aromatic nitrogens is 2. The van der Waals surface area contributed by atoms with E-state index < -0.39 is 0 Å². The van der Waals surface area contributed by atoms with E-state index in [-0.39, 0.29) is 11.8 Å². The summed E-state index contributed by atoms with van der Waals surface area (Å²) in [6.45, 7) is 3.78. The number of nitrogens with zero attached hydrogens (tertiary/aromatic N) is 1. The van der Waals surface area contributed by atoms with Crippen molar-refractivity contribution in [3.8, 4) is 11.3 Å². The normalized spacial score (nSPS) is 21.9. The number of hydrogen-bond acceptors (Lipinski definition) is 3. The van der Waals surface area contributed by atoms with Gasteiger partial charge in [0.05, 0.1) is 24.1 Å². The molecule has 0 spiro atoms. The number of carbonyl (C=O) groups is 1. The Morgan fingerprint density at radius 3 is 2.70 bits per heavy atom. The zero-order valence-electron chi connectivity index (χ0n) is 11.4. The highest BCUT2D eigenvalue weighted by Gasteiger charge is 2.29. The summed E-state index contributed by atoms with van der Waals surface area (Å²) in [7, 11) is 0. The van der Waals surface area contributed by atoms with Gasteiger partial charge in [-0.15, -0.1) is 0 Å². The van der Waals surface area contributed by atoms with E-state index in [1.807, 2.05) is 24.3 Å². The van der Waals surface area contributed by atoms with Gasteiger partial charge < -0.3 is 15.6 Å². The molecule has 1 fully saturated rings. The molecule has 3 N–H and O–H groups in total. The standard InChI is InChI=1S/C15H18N4O/c1-10-6-16-7-13(10)15(20)19-12-4-2-11(3-5-12)14-8-17-9-18-14/h2-5,8-10,13,16H,6-7H2,1H3,(H,17,18)(H,19,20). The molecule has 2 unspecified atom stereocenters. The smallest absolute Gasteiger partial charge is 0.229 e. The quantitative estimate of drug-likeness (QED) is 0.797. The average molecular weight is 270 g/mol. The van der Waals surface area contributed by atoms with Crippen molar-refractivity contribution in [2.45, 2.75) is 6.92 Å². The molecule has 5 nitrogen and oxygen atoms in total. The first-order valence-corrected chi connectivity index (χ1v) is 6.84. The SMILES string of the molecule is CC1CNCC1C(=O)Nc1ccc(-c2cnc[nH]2)cc1. The van der Waals surface area contributed by atoms with Gasteiger partial charge in [-0.2, -0.15) is 0 Å². The number of H-pyrrole nitrogens is 1. The molecule has 104 valence electrons. The lowest BCUT2D eigenvalue weighted by Gasteiger charge is -2.14. The van der Waals surface area contributed by atoms with E-state index in [4.69, 9.17) is 0 Å². The topological polar surface area (TPSA) is 69.8 Å². The molecule has 1 aliphatic rings. The average Bonchev–Trinajstić information content (AvgIpc) is 3.10. The molecule has 0 radical (unpaired) electrons. The highest BCUT2D eigenvalue weighted by molar-refractivity contribution is 5.93. The van der Waals surface area contributed by atoms with Gasteiger partial charge in [-0.05, 0) is 30.2 Å². The van der Waals surface area contributed by atoms with Crippen LogP contribution < -0.4 is 10.6 Å². The first kappa shape index (κ1) is 12.9. The first-order chi connectivity index (χ1) is 9.74. The number of imidazole rings is 1. The van der Waals surface area contributed by atoms with E-state index in [9.17, 15) is 4.79 Å². The van der Waals surface area contributed by atoms with Crippen LogP contribution >= 0.6 is 0 Å². The lowest BCUT2D eigenvalue weighted by Crippen LogP contribution is -2.27. The van der Waals surface area contributed by atoms with Gasteiger partial charge in [0.25, 0.3) is 0 Å². The van der Waals surface area contributed by atoms with Gasteiger partial charge in [0.1, 0.15) is 0 Å². The molecular formula is C15H18N4O. The van der Waals surface area contributed by atoms with Gasteiger partial charge in [-0.3, -0.25) is 4.79 Å². The number of anilines is 1. The highest BCUT2D eigenvalue weighted by Crippen LogP contribution is 2.21. The molecule has 0 aliphatic carbocycles. The van der Waals surface area contributed by atoms with Crippen LogP contribution in [0.3, 0.4) is 0 Å². The summed E-state index contributed by atoms with van der Waals surface area (Å²) in [5, 5.41) is 6.23. The summed E-state index contributed by atoms with van der Waals surface area (Å²) in [5.74, 6) is 0.540. The molecule has 0 saturated carbocycles. The van der Waals surface area contributed by atoms with Crippen LogP contribution in [0.25, 0.3) is 11.3 Å². The van der Waals surface area contributed by atoms with Crippen molar-refractivity contribution >= 4 is 11.6 Å². The molecule has 20 heavy (non-hydrogen) atoms. The van der Waals surface area contributed by atoms with E-state index in [2.05, 4.69) is 27.5 Å². The zero-order chi connectivity index (χ0) is 13.9. The number of carbonyl (C=O) groups excluding carboxylic acids is 1. The Kier molecular flexibility index (Phi) is 3.52. The fourth-order valence-corrected chi connectivity index (χ4v) is 2.54. The molecule has 1 aromatic heterocycles. The largest absolute Gasteiger partial charge is 0.345 e. The van der Waals surface area contributed by atoms with Crippen LogP contribution in [-0.2, 0) is 4.79 Å². The second-order valence-corrected chi connectivity index (χ2v) is 5.27. The maximum Gasteiger partial charge on any atom is 0.229 e. The van der Waals surface area contributed by atoms with Crippen LogP contribution in [-0.4, -0.2) is 29.0 Å². The maximum atomic E-state index is 12.2. The number of amides is 1. The monoisotopic (exact) mass is 270 g/mol. The lowest BCUT2D eigenvalue weighted by atomic mass is 9.97. The molecule has 2 heterocycles. The molecule has 3 rings (SSSR count). The molecule has 1 amide bonds. The molecular weight excluding hydrogens is 252 g/mol.